The van der Waals surface area contributed by atoms with Crippen molar-refractivity contribution in [2.24, 2.45) is 5.41 Å². The molecule has 2 rings (SSSR count). The fourth-order valence-corrected chi connectivity index (χ4v) is 3.26. The van der Waals surface area contributed by atoms with Crippen molar-refractivity contribution in [1.82, 2.24) is 9.88 Å². The van der Waals surface area contributed by atoms with Crippen LogP contribution in [0.15, 0.2) is 18.3 Å². The SMILES string of the molecule is CCCC1(C)CCCN(C(=O)c2ccnc(C(=O)OC)c2)C1. The number of hydrogen-bond acceptors (Lipinski definition) is 4. The van der Waals surface area contributed by atoms with Crippen LogP contribution in [0.1, 0.15) is 60.4 Å². The lowest BCUT2D eigenvalue weighted by Gasteiger charge is -2.40. The standard InChI is InChI=1S/C17H24N2O3/c1-4-7-17(2)8-5-10-19(12-17)15(20)13-6-9-18-14(11-13)16(21)22-3/h6,9,11H,4-5,7-8,10,12H2,1-3H3. The van der Waals surface area contributed by atoms with E-state index in [0.29, 0.717) is 5.56 Å². The molecule has 1 fully saturated rings. The van der Waals surface area contributed by atoms with Gasteiger partial charge in [0, 0.05) is 24.8 Å². The molecule has 0 aromatic carbocycles. The lowest BCUT2D eigenvalue weighted by atomic mass is 9.78. The van der Waals surface area contributed by atoms with Crippen molar-refractivity contribution in [3.63, 3.8) is 0 Å². The number of hydrogen-bond donors (Lipinski definition) is 0. The van der Waals surface area contributed by atoms with E-state index in [1.807, 2.05) is 4.90 Å². The first-order valence-corrected chi connectivity index (χ1v) is 7.83. The van der Waals surface area contributed by atoms with Gasteiger partial charge in [0.05, 0.1) is 7.11 Å². The van der Waals surface area contributed by atoms with E-state index >= 15 is 0 Å². The number of esters is 1. The number of rotatable bonds is 4. The Bertz CT molecular complexity index is 555. The summed E-state index contributed by atoms with van der Waals surface area (Å²) < 4.78 is 4.66. The van der Waals surface area contributed by atoms with Crippen LogP contribution in [0.25, 0.3) is 0 Å². The molecule has 1 unspecified atom stereocenters. The van der Waals surface area contributed by atoms with Gasteiger partial charge in [-0.25, -0.2) is 9.78 Å². The van der Waals surface area contributed by atoms with Crippen molar-refractivity contribution in [3.8, 4) is 0 Å². The van der Waals surface area contributed by atoms with E-state index < -0.39 is 5.97 Å². The van der Waals surface area contributed by atoms with E-state index in [-0.39, 0.29) is 17.0 Å². The quantitative estimate of drug-likeness (QED) is 0.803. The molecule has 1 aromatic rings. The topological polar surface area (TPSA) is 59.5 Å². The second kappa shape index (κ2) is 6.90. The second-order valence-electron chi connectivity index (χ2n) is 6.31. The zero-order valence-corrected chi connectivity index (χ0v) is 13.6. The van der Waals surface area contributed by atoms with Crippen LogP contribution in [0.5, 0.6) is 0 Å². The number of nitrogens with zero attached hydrogens (tertiary/aromatic N) is 2. The van der Waals surface area contributed by atoms with Crippen molar-refractivity contribution < 1.29 is 14.3 Å². The van der Waals surface area contributed by atoms with E-state index in [1.165, 1.54) is 19.4 Å². The van der Waals surface area contributed by atoms with Crippen LogP contribution in [-0.2, 0) is 4.74 Å². The minimum Gasteiger partial charge on any atom is -0.464 e. The first kappa shape index (κ1) is 16.5. The van der Waals surface area contributed by atoms with Gasteiger partial charge in [0.1, 0.15) is 5.69 Å². The molecule has 1 atom stereocenters. The largest absolute Gasteiger partial charge is 0.464 e. The van der Waals surface area contributed by atoms with Crippen molar-refractivity contribution in [3.05, 3.63) is 29.6 Å². The average molecular weight is 304 g/mol. The first-order chi connectivity index (χ1) is 10.5. The molecule has 0 N–H and O–H groups in total. The van der Waals surface area contributed by atoms with Gasteiger partial charge in [-0.2, -0.15) is 0 Å². The Hall–Kier alpha value is -1.91. The molecule has 0 aliphatic carbocycles. The molecule has 120 valence electrons. The highest BCUT2D eigenvalue weighted by Crippen LogP contribution is 2.34. The third-order valence-corrected chi connectivity index (χ3v) is 4.32. The summed E-state index contributed by atoms with van der Waals surface area (Å²) in [6.07, 6.45) is 5.92. The Morgan fingerprint density at radius 2 is 2.23 bits per heavy atom. The molecular weight excluding hydrogens is 280 g/mol. The van der Waals surface area contributed by atoms with Crippen LogP contribution < -0.4 is 0 Å². The van der Waals surface area contributed by atoms with Gasteiger partial charge in [-0.15, -0.1) is 0 Å². The summed E-state index contributed by atoms with van der Waals surface area (Å²) in [4.78, 5) is 30.1. The van der Waals surface area contributed by atoms with Gasteiger partial charge < -0.3 is 9.64 Å². The molecule has 0 saturated carbocycles. The molecule has 1 saturated heterocycles. The molecule has 5 nitrogen and oxygen atoms in total. The molecule has 0 radical (unpaired) electrons. The van der Waals surface area contributed by atoms with Gasteiger partial charge in [0.15, 0.2) is 0 Å². The predicted octanol–water partition coefficient (Wildman–Crippen LogP) is 2.91. The number of ether oxygens (including phenoxy) is 1. The van der Waals surface area contributed by atoms with Gasteiger partial charge in [-0.05, 0) is 36.8 Å². The van der Waals surface area contributed by atoms with Crippen LogP contribution >= 0.6 is 0 Å². The van der Waals surface area contributed by atoms with E-state index in [2.05, 4.69) is 23.6 Å². The summed E-state index contributed by atoms with van der Waals surface area (Å²) >= 11 is 0. The Morgan fingerprint density at radius 3 is 2.91 bits per heavy atom. The first-order valence-electron chi connectivity index (χ1n) is 7.83. The minimum atomic E-state index is -0.524. The van der Waals surface area contributed by atoms with E-state index in [1.54, 1.807) is 6.07 Å². The molecule has 0 spiro atoms. The number of amides is 1. The Morgan fingerprint density at radius 1 is 1.45 bits per heavy atom. The van der Waals surface area contributed by atoms with Crippen molar-refractivity contribution in [2.45, 2.75) is 39.5 Å². The van der Waals surface area contributed by atoms with Gasteiger partial charge in [-0.3, -0.25) is 4.79 Å². The Labute approximate surface area is 131 Å². The number of pyridine rings is 1. The second-order valence-corrected chi connectivity index (χ2v) is 6.31. The van der Waals surface area contributed by atoms with Gasteiger partial charge in [-0.1, -0.05) is 20.3 Å². The average Bonchev–Trinajstić information content (AvgIpc) is 2.53. The zero-order valence-electron chi connectivity index (χ0n) is 13.6. The van der Waals surface area contributed by atoms with Gasteiger partial charge >= 0.3 is 5.97 Å². The molecule has 1 aliphatic rings. The number of piperidine rings is 1. The van der Waals surface area contributed by atoms with Crippen LogP contribution in [-0.4, -0.2) is 42.0 Å². The van der Waals surface area contributed by atoms with Crippen molar-refractivity contribution >= 4 is 11.9 Å². The van der Waals surface area contributed by atoms with E-state index in [9.17, 15) is 9.59 Å². The zero-order chi connectivity index (χ0) is 16.2. The maximum Gasteiger partial charge on any atom is 0.356 e. The summed E-state index contributed by atoms with van der Waals surface area (Å²) in [6.45, 7) is 5.98. The Kier molecular flexibility index (Phi) is 5.16. The lowest BCUT2D eigenvalue weighted by molar-refractivity contribution is 0.0530. The summed E-state index contributed by atoms with van der Waals surface area (Å²) in [5, 5.41) is 0. The summed E-state index contributed by atoms with van der Waals surface area (Å²) in [6, 6.07) is 3.17. The fourth-order valence-electron chi connectivity index (χ4n) is 3.26. The van der Waals surface area contributed by atoms with E-state index in [0.717, 1.165) is 38.8 Å². The molecule has 2 heterocycles. The fraction of sp³-hybridized carbons (Fsp3) is 0.588. The van der Waals surface area contributed by atoms with Gasteiger partial charge in [0.25, 0.3) is 5.91 Å². The van der Waals surface area contributed by atoms with Crippen molar-refractivity contribution in [2.75, 3.05) is 20.2 Å². The van der Waals surface area contributed by atoms with E-state index in [4.69, 9.17) is 0 Å². The molecule has 5 heteroatoms. The molecule has 22 heavy (non-hydrogen) atoms. The molecular formula is C17H24N2O3. The van der Waals surface area contributed by atoms with Crippen molar-refractivity contribution in [1.29, 1.82) is 0 Å². The third-order valence-electron chi connectivity index (χ3n) is 4.32. The Balaban J connectivity index is 2.15. The summed E-state index contributed by atoms with van der Waals surface area (Å²) in [7, 11) is 1.30. The number of likely N-dealkylation sites (tertiary alicyclic amines) is 1. The molecule has 1 amide bonds. The van der Waals surface area contributed by atoms with Crippen LogP contribution in [0.4, 0.5) is 0 Å². The maximum atomic E-state index is 12.7. The highest BCUT2D eigenvalue weighted by molar-refractivity contribution is 5.97. The minimum absolute atomic E-state index is 0.0328. The smallest absolute Gasteiger partial charge is 0.356 e. The predicted molar refractivity (Wildman–Crippen MR) is 83.7 cm³/mol. The monoisotopic (exact) mass is 304 g/mol. The number of carbonyl (C=O) groups is 2. The van der Waals surface area contributed by atoms with Crippen LogP contribution in [0.2, 0.25) is 0 Å². The van der Waals surface area contributed by atoms with Crippen LogP contribution in [0, 0.1) is 5.41 Å². The van der Waals surface area contributed by atoms with Crippen LogP contribution in [0.3, 0.4) is 0 Å². The summed E-state index contributed by atoms with van der Waals surface area (Å²) in [5.41, 5.74) is 0.860. The number of aromatic nitrogens is 1. The number of methoxy groups -OCH3 is 1. The molecule has 1 aliphatic heterocycles. The maximum absolute atomic E-state index is 12.7. The van der Waals surface area contributed by atoms with Gasteiger partial charge in [0.2, 0.25) is 0 Å². The third kappa shape index (κ3) is 3.64. The normalized spacial score (nSPS) is 21.5. The number of carbonyl (C=O) groups excluding carboxylic acids is 2. The molecule has 1 aromatic heterocycles. The highest BCUT2D eigenvalue weighted by Gasteiger charge is 2.32. The lowest BCUT2D eigenvalue weighted by Crippen LogP contribution is -2.44. The highest BCUT2D eigenvalue weighted by atomic mass is 16.5. The summed E-state index contributed by atoms with van der Waals surface area (Å²) in [5.74, 6) is -0.557. The molecule has 0 bridgehead atoms.